The van der Waals surface area contributed by atoms with Crippen molar-refractivity contribution in [3.8, 4) is 0 Å². The molecule has 0 bridgehead atoms. The zero-order valence-corrected chi connectivity index (χ0v) is 8.26. The molecule has 15 heavy (non-hydrogen) atoms. The molecule has 0 spiro atoms. The number of halogens is 2. The highest BCUT2D eigenvalue weighted by atomic mass is 19.1. The Morgan fingerprint density at radius 1 is 1.20 bits per heavy atom. The summed E-state index contributed by atoms with van der Waals surface area (Å²) >= 11 is 0. The van der Waals surface area contributed by atoms with E-state index in [-0.39, 0.29) is 5.78 Å². The van der Waals surface area contributed by atoms with Crippen LogP contribution in [0.1, 0.15) is 24.8 Å². The molecule has 1 unspecified atom stereocenters. The summed E-state index contributed by atoms with van der Waals surface area (Å²) < 4.78 is 25.9. The predicted octanol–water partition coefficient (Wildman–Crippen LogP) is 2.97. The van der Waals surface area contributed by atoms with E-state index in [0.29, 0.717) is 12.0 Å². The third-order valence-corrected chi connectivity index (χ3v) is 2.55. The van der Waals surface area contributed by atoms with Crippen molar-refractivity contribution in [3.63, 3.8) is 0 Å². The lowest BCUT2D eigenvalue weighted by molar-refractivity contribution is -0.115. The quantitative estimate of drug-likeness (QED) is 0.693. The van der Waals surface area contributed by atoms with E-state index in [1.807, 2.05) is 6.92 Å². The van der Waals surface area contributed by atoms with Gasteiger partial charge in [-0.3, -0.25) is 4.79 Å². The van der Waals surface area contributed by atoms with Crippen molar-refractivity contribution < 1.29 is 13.6 Å². The minimum atomic E-state index is -0.637. The Morgan fingerprint density at radius 2 is 1.80 bits per heavy atom. The van der Waals surface area contributed by atoms with Gasteiger partial charge in [0.2, 0.25) is 0 Å². The van der Waals surface area contributed by atoms with Crippen LogP contribution in [0.3, 0.4) is 0 Å². The number of carbonyl (C=O) groups excluding carboxylic acids is 1. The van der Waals surface area contributed by atoms with E-state index >= 15 is 0 Å². The summed E-state index contributed by atoms with van der Waals surface area (Å²) in [4.78, 5) is 11.5. The van der Waals surface area contributed by atoms with Crippen molar-refractivity contribution in [2.45, 2.75) is 19.3 Å². The fourth-order valence-electron chi connectivity index (χ4n) is 1.88. The van der Waals surface area contributed by atoms with Crippen LogP contribution in [-0.2, 0) is 4.79 Å². The zero-order valence-electron chi connectivity index (χ0n) is 8.26. The monoisotopic (exact) mass is 208 g/mol. The van der Waals surface area contributed by atoms with Gasteiger partial charge in [0.1, 0.15) is 11.6 Å². The van der Waals surface area contributed by atoms with Gasteiger partial charge in [-0.2, -0.15) is 0 Å². The van der Waals surface area contributed by atoms with Gasteiger partial charge in [0.15, 0.2) is 5.78 Å². The Hall–Kier alpha value is -1.51. The Labute approximate surface area is 86.4 Å². The second-order valence-electron chi connectivity index (χ2n) is 3.85. The summed E-state index contributed by atoms with van der Waals surface area (Å²) in [6.45, 7) is 1.84. The first-order valence-corrected chi connectivity index (χ1v) is 4.73. The molecule has 2 rings (SSSR count). The molecule has 1 aromatic rings. The lowest BCUT2D eigenvalue weighted by Crippen LogP contribution is -2.05. The van der Waals surface area contributed by atoms with E-state index in [2.05, 4.69) is 0 Å². The second-order valence-corrected chi connectivity index (χ2v) is 3.85. The third-order valence-electron chi connectivity index (χ3n) is 2.55. The fraction of sp³-hybridized carbons (Fsp3) is 0.250. The molecule has 0 N–H and O–H groups in total. The van der Waals surface area contributed by atoms with Gasteiger partial charge in [-0.25, -0.2) is 8.78 Å². The number of ketones is 1. The van der Waals surface area contributed by atoms with E-state index in [1.165, 1.54) is 18.2 Å². The maximum atomic E-state index is 12.9. The van der Waals surface area contributed by atoms with Gasteiger partial charge in [0, 0.05) is 6.07 Å². The van der Waals surface area contributed by atoms with E-state index in [9.17, 15) is 13.6 Å². The SMILES string of the molecule is CC1=CC(=O)C(c2cc(F)cc(F)c2)C1. The number of hydrogen-bond donors (Lipinski definition) is 0. The Bertz CT molecular complexity index is 429. The Balaban J connectivity index is 2.35. The lowest BCUT2D eigenvalue weighted by Gasteiger charge is -2.09. The molecule has 3 heteroatoms. The number of rotatable bonds is 1. The van der Waals surface area contributed by atoms with Gasteiger partial charge in [0.05, 0.1) is 5.92 Å². The van der Waals surface area contributed by atoms with Crippen molar-refractivity contribution >= 4 is 5.78 Å². The van der Waals surface area contributed by atoms with Gasteiger partial charge in [-0.15, -0.1) is 0 Å². The van der Waals surface area contributed by atoms with Crippen LogP contribution in [0.2, 0.25) is 0 Å². The fourth-order valence-corrected chi connectivity index (χ4v) is 1.88. The molecule has 78 valence electrons. The van der Waals surface area contributed by atoms with Crippen LogP contribution in [0.5, 0.6) is 0 Å². The number of allylic oxidation sites excluding steroid dienone is 2. The highest BCUT2D eigenvalue weighted by molar-refractivity contribution is 5.98. The summed E-state index contributed by atoms with van der Waals surface area (Å²) in [5.74, 6) is -1.75. The standard InChI is InChI=1S/C12H10F2O/c1-7-2-11(12(15)3-7)8-4-9(13)6-10(14)5-8/h3-6,11H,2H2,1H3. The summed E-state index contributed by atoms with van der Waals surface area (Å²) in [6.07, 6.45) is 2.09. The average molecular weight is 208 g/mol. The summed E-state index contributed by atoms with van der Waals surface area (Å²) in [5.41, 5.74) is 1.38. The maximum absolute atomic E-state index is 12.9. The minimum absolute atomic E-state index is 0.0718. The molecule has 0 amide bonds. The van der Waals surface area contributed by atoms with Gasteiger partial charge >= 0.3 is 0 Å². The van der Waals surface area contributed by atoms with Crippen LogP contribution < -0.4 is 0 Å². The van der Waals surface area contributed by atoms with Crippen molar-refractivity contribution in [3.05, 3.63) is 47.0 Å². The number of carbonyl (C=O) groups is 1. The third kappa shape index (κ3) is 1.96. The van der Waals surface area contributed by atoms with Crippen LogP contribution in [0.15, 0.2) is 29.8 Å². The van der Waals surface area contributed by atoms with Gasteiger partial charge in [-0.05, 0) is 37.1 Å². The highest BCUT2D eigenvalue weighted by Gasteiger charge is 2.25. The molecular formula is C12H10F2O. The topological polar surface area (TPSA) is 17.1 Å². The van der Waals surface area contributed by atoms with Crippen LogP contribution in [0, 0.1) is 11.6 Å². The molecule has 0 heterocycles. The van der Waals surface area contributed by atoms with E-state index < -0.39 is 17.6 Å². The van der Waals surface area contributed by atoms with Crippen LogP contribution >= 0.6 is 0 Å². The summed E-state index contributed by atoms with van der Waals surface area (Å²) in [5, 5.41) is 0. The average Bonchev–Trinajstić information content (AvgIpc) is 2.43. The Kier molecular flexibility index (Phi) is 2.39. The van der Waals surface area contributed by atoms with Crippen LogP contribution in [0.25, 0.3) is 0 Å². The minimum Gasteiger partial charge on any atom is -0.294 e. The molecule has 1 aromatic carbocycles. The van der Waals surface area contributed by atoms with Gasteiger partial charge < -0.3 is 0 Å². The molecule has 0 saturated heterocycles. The molecule has 0 aromatic heterocycles. The number of benzene rings is 1. The first kappa shape index (κ1) is 10.0. The van der Waals surface area contributed by atoms with E-state index in [0.717, 1.165) is 11.6 Å². The second kappa shape index (κ2) is 3.57. The van der Waals surface area contributed by atoms with Crippen LogP contribution in [0.4, 0.5) is 8.78 Å². The summed E-state index contributed by atoms with van der Waals surface area (Å²) in [6, 6.07) is 3.25. The molecule has 1 aliphatic rings. The van der Waals surface area contributed by atoms with E-state index in [4.69, 9.17) is 0 Å². The molecule has 1 atom stereocenters. The first-order chi connectivity index (χ1) is 7.06. The largest absolute Gasteiger partial charge is 0.294 e. The molecule has 0 aliphatic heterocycles. The summed E-state index contributed by atoms with van der Waals surface area (Å²) in [7, 11) is 0. The van der Waals surface area contributed by atoms with Crippen molar-refractivity contribution in [2.75, 3.05) is 0 Å². The molecular weight excluding hydrogens is 198 g/mol. The smallest absolute Gasteiger partial charge is 0.163 e. The molecule has 1 nitrogen and oxygen atoms in total. The van der Waals surface area contributed by atoms with Gasteiger partial charge in [-0.1, -0.05) is 5.57 Å². The molecule has 0 fully saturated rings. The van der Waals surface area contributed by atoms with Crippen LogP contribution in [-0.4, -0.2) is 5.78 Å². The van der Waals surface area contributed by atoms with E-state index in [1.54, 1.807) is 0 Å². The molecule has 0 radical (unpaired) electrons. The first-order valence-electron chi connectivity index (χ1n) is 4.73. The van der Waals surface area contributed by atoms with Crippen molar-refractivity contribution in [1.82, 2.24) is 0 Å². The Morgan fingerprint density at radius 3 is 2.27 bits per heavy atom. The highest BCUT2D eigenvalue weighted by Crippen LogP contribution is 2.31. The maximum Gasteiger partial charge on any atom is 0.163 e. The lowest BCUT2D eigenvalue weighted by atomic mass is 9.95. The van der Waals surface area contributed by atoms with Gasteiger partial charge in [0.25, 0.3) is 0 Å². The van der Waals surface area contributed by atoms with Crippen molar-refractivity contribution in [2.24, 2.45) is 0 Å². The molecule has 1 aliphatic carbocycles. The number of hydrogen-bond acceptors (Lipinski definition) is 1. The molecule has 0 saturated carbocycles. The van der Waals surface area contributed by atoms with Crippen molar-refractivity contribution in [1.29, 1.82) is 0 Å². The zero-order chi connectivity index (χ0) is 11.0. The predicted molar refractivity (Wildman–Crippen MR) is 52.5 cm³/mol. The normalized spacial score (nSPS) is 20.6.